The van der Waals surface area contributed by atoms with Crippen LogP contribution in [0.25, 0.3) is 0 Å². The highest BCUT2D eigenvalue weighted by molar-refractivity contribution is 5.96. The summed E-state index contributed by atoms with van der Waals surface area (Å²) in [4.78, 5) is 33.0. The molecule has 0 heterocycles. The molecule has 2 rings (SSSR count). The SMILES string of the molecule is CC(=O)Nc1ccc(C(=O)NN=Cc2cccc([N+](=O)[O-])c2)cc1. The molecule has 0 unspecified atom stereocenters. The van der Waals surface area contributed by atoms with Crippen LogP contribution in [0.15, 0.2) is 53.6 Å². The lowest BCUT2D eigenvalue weighted by Gasteiger charge is -2.03. The summed E-state index contributed by atoms with van der Waals surface area (Å²) in [6, 6.07) is 12.2. The lowest BCUT2D eigenvalue weighted by molar-refractivity contribution is -0.384. The average Bonchev–Trinajstić information content (AvgIpc) is 2.55. The number of non-ortho nitro benzene ring substituents is 1. The standard InChI is InChI=1S/C16H14N4O4/c1-11(21)18-14-7-5-13(6-8-14)16(22)19-17-10-12-3-2-4-15(9-12)20(23)24/h2-10H,1H3,(H,18,21)(H,19,22). The maximum absolute atomic E-state index is 11.9. The number of hydrogen-bond acceptors (Lipinski definition) is 5. The number of nitro benzene ring substituents is 1. The molecule has 0 aliphatic rings. The van der Waals surface area contributed by atoms with Crippen LogP contribution in [0, 0.1) is 10.1 Å². The molecule has 2 aromatic rings. The minimum absolute atomic E-state index is 0.0566. The summed E-state index contributed by atoms with van der Waals surface area (Å²) in [5.41, 5.74) is 3.71. The summed E-state index contributed by atoms with van der Waals surface area (Å²) in [6.07, 6.45) is 1.32. The van der Waals surface area contributed by atoms with E-state index in [1.807, 2.05) is 0 Å². The molecule has 0 aliphatic carbocycles. The topological polar surface area (TPSA) is 114 Å². The van der Waals surface area contributed by atoms with Gasteiger partial charge in [0.25, 0.3) is 11.6 Å². The van der Waals surface area contributed by atoms with Crippen molar-refractivity contribution in [1.29, 1.82) is 0 Å². The van der Waals surface area contributed by atoms with E-state index in [0.717, 1.165) is 0 Å². The Labute approximate surface area is 137 Å². The minimum Gasteiger partial charge on any atom is -0.326 e. The number of nitrogens with zero attached hydrogens (tertiary/aromatic N) is 2. The molecule has 0 fully saturated rings. The smallest absolute Gasteiger partial charge is 0.271 e. The van der Waals surface area contributed by atoms with Gasteiger partial charge in [0.15, 0.2) is 0 Å². The van der Waals surface area contributed by atoms with Crippen molar-refractivity contribution >= 4 is 29.4 Å². The number of nitrogens with one attached hydrogen (secondary N) is 2. The Balaban J connectivity index is 1.98. The number of hydrogen-bond donors (Lipinski definition) is 2. The lowest BCUT2D eigenvalue weighted by Crippen LogP contribution is -2.17. The molecule has 0 spiro atoms. The molecule has 0 saturated carbocycles. The Morgan fingerprint density at radius 2 is 1.88 bits per heavy atom. The van der Waals surface area contributed by atoms with Crippen LogP contribution >= 0.6 is 0 Å². The molecule has 0 atom stereocenters. The van der Waals surface area contributed by atoms with Crippen LogP contribution in [0.5, 0.6) is 0 Å². The van der Waals surface area contributed by atoms with E-state index < -0.39 is 10.8 Å². The van der Waals surface area contributed by atoms with E-state index in [9.17, 15) is 19.7 Å². The highest BCUT2D eigenvalue weighted by Crippen LogP contribution is 2.12. The molecule has 2 amide bonds. The minimum atomic E-state index is -0.507. The fraction of sp³-hybridized carbons (Fsp3) is 0.0625. The van der Waals surface area contributed by atoms with Gasteiger partial charge in [-0.15, -0.1) is 0 Å². The van der Waals surface area contributed by atoms with E-state index in [0.29, 0.717) is 16.8 Å². The van der Waals surface area contributed by atoms with Gasteiger partial charge in [-0.1, -0.05) is 12.1 Å². The van der Waals surface area contributed by atoms with E-state index in [2.05, 4.69) is 15.8 Å². The summed E-state index contributed by atoms with van der Waals surface area (Å²) in [5, 5.41) is 17.0. The zero-order chi connectivity index (χ0) is 17.5. The molecule has 24 heavy (non-hydrogen) atoms. The highest BCUT2D eigenvalue weighted by Gasteiger charge is 2.06. The van der Waals surface area contributed by atoms with Crippen molar-refractivity contribution in [3.63, 3.8) is 0 Å². The van der Waals surface area contributed by atoms with E-state index in [-0.39, 0.29) is 11.6 Å². The third kappa shape index (κ3) is 4.73. The molecule has 0 radical (unpaired) electrons. The molecular weight excluding hydrogens is 312 g/mol. The van der Waals surface area contributed by atoms with E-state index in [1.54, 1.807) is 30.3 Å². The number of rotatable bonds is 5. The summed E-state index contributed by atoms with van der Waals surface area (Å²) in [6.45, 7) is 1.39. The van der Waals surface area contributed by atoms with Gasteiger partial charge in [-0.25, -0.2) is 5.43 Å². The van der Waals surface area contributed by atoms with Crippen LogP contribution in [0.4, 0.5) is 11.4 Å². The Bertz CT molecular complexity index is 800. The number of hydrazone groups is 1. The average molecular weight is 326 g/mol. The van der Waals surface area contributed by atoms with Gasteiger partial charge in [-0.3, -0.25) is 19.7 Å². The van der Waals surface area contributed by atoms with Crippen molar-refractivity contribution in [2.75, 3.05) is 5.32 Å². The Morgan fingerprint density at radius 3 is 2.50 bits per heavy atom. The van der Waals surface area contributed by atoms with Gasteiger partial charge in [0.1, 0.15) is 0 Å². The molecule has 2 N–H and O–H groups in total. The first-order valence-corrected chi connectivity index (χ1v) is 6.91. The fourth-order valence-electron chi connectivity index (χ4n) is 1.86. The molecular formula is C16H14N4O4. The third-order valence-corrected chi connectivity index (χ3v) is 2.93. The number of amides is 2. The van der Waals surface area contributed by atoms with Crippen LogP contribution in [-0.2, 0) is 4.79 Å². The number of carbonyl (C=O) groups is 2. The summed E-state index contributed by atoms with van der Waals surface area (Å²) >= 11 is 0. The van der Waals surface area contributed by atoms with Gasteiger partial charge in [-0.2, -0.15) is 5.10 Å². The fourth-order valence-corrected chi connectivity index (χ4v) is 1.86. The van der Waals surface area contributed by atoms with Crippen molar-refractivity contribution < 1.29 is 14.5 Å². The van der Waals surface area contributed by atoms with E-state index in [1.165, 1.54) is 31.3 Å². The van der Waals surface area contributed by atoms with E-state index in [4.69, 9.17) is 0 Å². The van der Waals surface area contributed by atoms with Crippen molar-refractivity contribution in [3.05, 3.63) is 69.8 Å². The monoisotopic (exact) mass is 326 g/mol. The van der Waals surface area contributed by atoms with Crippen LogP contribution < -0.4 is 10.7 Å². The van der Waals surface area contributed by atoms with Gasteiger partial charge in [-0.05, 0) is 24.3 Å². The zero-order valence-electron chi connectivity index (χ0n) is 12.7. The number of nitro groups is 1. The predicted octanol–water partition coefficient (Wildman–Crippen LogP) is 2.32. The van der Waals surface area contributed by atoms with Gasteiger partial charge in [0, 0.05) is 35.9 Å². The Morgan fingerprint density at radius 1 is 1.17 bits per heavy atom. The number of carbonyl (C=O) groups excluding carboxylic acids is 2. The molecule has 0 bridgehead atoms. The van der Waals surface area contributed by atoms with Crippen LogP contribution in [-0.4, -0.2) is 23.0 Å². The second-order valence-electron chi connectivity index (χ2n) is 4.81. The predicted molar refractivity (Wildman–Crippen MR) is 88.9 cm³/mol. The van der Waals surface area contributed by atoms with Crippen LogP contribution in [0.3, 0.4) is 0 Å². The lowest BCUT2D eigenvalue weighted by atomic mass is 10.2. The molecule has 8 heteroatoms. The van der Waals surface area contributed by atoms with Crippen molar-refractivity contribution in [1.82, 2.24) is 5.43 Å². The first-order valence-electron chi connectivity index (χ1n) is 6.91. The zero-order valence-corrected chi connectivity index (χ0v) is 12.7. The third-order valence-electron chi connectivity index (χ3n) is 2.93. The van der Waals surface area contributed by atoms with Gasteiger partial charge >= 0.3 is 0 Å². The molecule has 8 nitrogen and oxygen atoms in total. The molecule has 122 valence electrons. The number of anilines is 1. The largest absolute Gasteiger partial charge is 0.326 e. The van der Waals surface area contributed by atoms with Crippen LogP contribution in [0.2, 0.25) is 0 Å². The maximum Gasteiger partial charge on any atom is 0.271 e. The van der Waals surface area contributed by atoms with Crippen molar-refractivity contribution in [3.8, 4) is 0 Å². The van der Waals surface area contributed by atoms with Gasteiger partial charge in [0.2, 0.25) is 5.91 Å². The van der Waals surface area contributed by atoms with Crippen LogP contribution in [0.1, 0.15) is 22.8 Å². The number of benzene rings is 2. The first-order chi connectivity index (χ1) is 11.5. The molecule has 0 aromatic heterocycles. The maximum atomic E-state index is 11.9. The van der Waals surface area contributed by atoms with Crippen molar-refractivity contribution in [2.45, 2.75) is 6.92 Å². The quantitative estimate of drug-likeness (QED) is 0.498. The second-order valence-corrected chi connectivity index (χ2v) is 4.81. The van der Waals surface area contributed by atoms with Gasteiger partial charge < -0.3 is 5.32 Å². The molecule has 0 aliphatic heterocycles. The summed E-state index contributed by atoms with van der Waals surface area (Å²) in [7, 11) is 0. The van der Waals surface area contributed by atoms with E-state index >= 15 is 0 Å². The first kappa shape index (κ1) is 16.8. The summed E-state index contributed by atoms with van der Waals surface area (Å²) in [5.74, 6) is -0.639. The summed E-state index contributed by atoms with van der Waals surface area (Å²) < 4.78 is 0. The molecule has 2 aromatic carbocycles. The second kappa shape index (κ2) is 7.63. The Kier molecular flexibility index (Phi) is 5.35. The Hall–Kier alpha value is -3.55. The van der Waals surface area contributed by atoms with Gasteiger partial charge in [0.05, 0.1) is 11.1 Å². The van der Waals surface area contributed by atoms with Crippen molar-refractivity contribution in [2.24, 2.45) is 5.10 Å². The normalized spacial score (nSPS) is 10.4. The molecule has 0 saturated heterocycles. The highest BCUT2D eigenvalue weighted by atomic mass is 16.6.